The summed E-state index contributed by atoms with van der Waals surface area (Å²) in [5, 5.41) is 12.8. The maximum atomic E-state index is 13.8. The summed E-state index contributed by atoms with van der Waals surface area (Å²) in [6.07, 6.45) is 4.44. The molecule has 1 aliphatic heterocycles. The van der Waals surface area contributed by atoms with Crippen molar-refractivity contribution in [1.82, 2.24) is 8.87 Å². The first-order chi connectivity index (χ1) is 23.1. The van der Waals surface area contributed by atoms with Crippen molar-refractivity contribution in [2.45, 2.75) is 43.7 Å². The number of sulfonamides is 1. The molecule has 1 aliphatic rings. The van der Waals surface area contributed by atoms with Crippen LogP contribution in [0.15, 0.2) is 82.5 Å². The van der Waals surface area contributed by atoms with Gasteiger partial charge in [0.2, 0.25) is 10.0 Å². The smallest absolute Gasteiger partial charge is 0.387 e. The molecule has 0 spiro atoms. The second kappa shape index (κ2) is 15.4. The van der Waals surface area contributed by atoms with Crippen LogP contribution in [0.1, 0.15) is 30.4 Å². The quantitative estimate of drug-likeness (QED) is 0.251. The number of nitrogens with one attached hydrogen (secondary N) is 1. The normalized spacial score (nSPS) is 14.8. The lowest BCUT2D eigenvalue weighted by Gasteiger charge is -2.26. The second-order valence-electron chi connectivity index (χ2n) is 10.8. The number of halogens is 2. The zero-order chi connectivity index (χ0) is 34.3. The van der Waals surface area contributed by atoms with Crippen LogP contribution < -0.4 is 29.5 Å². The summed E-state index contributed by atoms with van der Waals surface area (Å²) in [6.45, 7) is -2.07. The number of carbonyl (C=O) groups is 1. The molecule has 14 heteroatoms. The van der Waals surface area contributed by atoms with Crippen LogP contribution in [-0.2, 0) is 27.8 Å². The summed E-state index contributed by atoms with van der Waals surface area (Å²) in [5.74, 6) is -0.971. The molecular formula is C34H32F2N4O6S2. The van der Waals surface area contributed by atoms with Gasteiger partial charge in [0.05, 0.1) is 16.5 Å². The number of nitriles is 1. The van der Waals surface area contributed by atoms with Gasteiger partial charge in [-0.25, -0.2) is 8.42 Å². The first-order valence-corrected chi connectivity index (χ1v) is 17.3. The van der Waals surface area contributed by atoms with Crippen molar-refractivity contribution >= 4 is 44.6 Å². The van der Waals surface area contributed by atoms with E-state index in [4.69, 9.17) is 4.74 Å². The number of benzene rings is 3. The zero-order valence-electron chi connectivity index (χ0n) is 25.9. The number of aromatic nitrogens is 1. The lowest BCUT2D eigenvalue weighted by molar-refractivity contribution is -0.111. The fraction of sp³-hybridized carbons (Fsp3) is 0.265. The molecule has 0 saturated carbocycles. The number of alkyl halides is 2. The van der Waals surface area contributed by atoms with E-state index in [1.807, 2.05) is 36.4 Å². The molecule has 0 atom stereocenters. The molecule has 0 bridgehead atoms. The van der Waals surface area contributed by atoms with Crippen molar-refractivity contribution in [2.75, 3.05) is 25.5 Å². The van der Waals surface area contributed by atoms with Crippen LogP contribution in [-0.4, -0.2) is 50.0 Å². The number of aryl methyl sites for hydroxylation is 1. The Morgan fingerprint density at radius 3 is 2.48 bits per heavy atom. The number of methoxy groups -OCH3 is 1. The Morgan fingerprint density at radius 2 is 1.79 bits per heavy atom. The number of piperidine rings is 1. The van der Waals surface area contributed by atoms with Crippen molar-refractivity contribution in [2.24, 2.45) is 0 Å². The molecule has 1 fully saturated rings. The Morgan fingerprint density at radius 1 is 1.04 bits per heavy atom. The fourth-order valence-electron chi connectivity index (χ4n) is 5.29. The molecular weight excluding hydrogens is 663 g/mol. The van der Waals surface area contributed by atoms with E-state index in [0.29, 0.717) is 25.1 Å². The Bertz CT molecular complexity index is 2120. The van der Waals surface area contributed by atoms with Gasteiger partial charge in [0.1, 0.15) is 10.7 Å². The number of ether oxygens (including phenoxy) is 2. The van der Waals surface area contributed by atoms with Gasteiger partial charge in [0, 0.05) is 25.3 Å². The maximum Gasteiger partial charge on any atom is 0.387 e. The zero-order valence-corrected chi connectivity index (χ0v) is 27.5. The predicted molar refractivity (Wildman–Crippen MR) is 178 cm³/mol. The Balaban J connectivity index is 1.55. The lowest BCUT2D eigenvalue weighted by atomic mass is 10.1. The molecule has 10 nitrogen and oxygen atoms in total. The van der Waals surface area contributed by atoms with E-state index in [1.165, 1.54) is 64.5 Å². The van der Waals surface area contributed by atoms with E-state index in [0.717, 1.165) is 36.2 Å². The number of thiazole rings is 1. The molecule has 2 heterocycles. The molecule has 1 N–H and O–H groups in total. The maximum absolute atomic E-state index is 13.8. The molecule has 1 amide bonds. The molecule has 250 valence electrons. The number of amides is 1. The minimum Gasteiger partial charge on any atom is -0.493 e. The third kappa shape index (κ3) is 7.99. The lowest BCUT2D eigenvalue weighted by Crippen LogP contribution is -2.35. The van der Waals surface area contributed by atoms with Crippen LogP contribution in [0.3, 0.4) is 0 Å². The van der Waals surface area contributed by atoms with Gasteiger partial charge in [-0.15, -0.1) is 11.3 Å². The molecule has 3 aromatic carbocycles. The fourth-order valence-corrected chi connectivity index (χ4v) is 7.98. The SMILES string of the molecule is COc1cc(/C=c2/s/c(=C(\C#N)C(=O)Nc3cccc(S(=O)(=O)N4CCCCC4)c3)n(CCc3ccccc3)c2=O)ccc1OC(F)F. The molecule has 1 aromatic heterocycles. The largest absolute Gasteiger partial charge is 0.493 e. The minimum absolute atomic E-state index is 0.0221. The third-order valence-electron chi connectivity index (χ3n) is 7.67. The molecule has 0 unspecified atom stereocenters. The summed E-state index contributed by atoms with van der Waals surface area (Å²) in [6, 6.07) is 21.3. The summed E-state index contributed by atoms with van der Waals surface area (Å²) < 4.78 is 64.8. The highest BCUT2D eigenvalue weighted by atomic mass is 32.2. The standard InChI is InChI=1S/C34H32F2N4O6S2/c1-45-29-19-24(13-14-28(29)46-34(35)36)20-30-32(42)40(18-15-23-9-4-2-5-10-23)33(47-30)27(22-37)31(41)38-25-11-8-12-26(21-25)48(43,44)39-16-6-3-7-17-39/h2,4-5,8-14,19-21,34H,3,6-7,15-18H2,1H3,(H,38,41)/b30-20+,33-27+. The minimum atomic E-state index is -3.78. The Hall–Kier alpha value is -4.84. The van der Waals surface area contributed by atoms with Gasteiger partial charge in [0.15, 0.2) is 17.1 Å². The first-order valence-electron chi connectivity index (χ1n) is 15.0. The number of carbonyl (C=O) groups excluding carboxylic acids is 1. The Kier molecular flexibility index (Phi) is 11.0. The van der Waals surface area contributed by atoms with Crippen molar-refractivity contribution in [3.63, 3.8) is 0 Å². The summed E-state index contributed by atoms with van der Waals surface area (Å²) in [5.41, 5.74) is 0.732. The summed E-state index contributed by atoms with van der Waals surface area (Å²) in [4.78, 5) is 27.4. The van der Waals surface area contributed by atoms with E-state index >= 15 is 0 Å². The summed E-state index contributed by atoms with van der Waals surface area (Å²) in [7, 11) is -2.48. The highest BCUT2D eigenvalue weighted by molar-refractivity contribution is 7.89. The molecule has 1 saturated heterocycles. The number of nitrogens with zero attached hydrogens (tertiary/aromatic N) is 3. The average Bonchev–Trinajstić information content (AvgIpc) is 3.39. The third-order valence-corrected chi connectivity index (χ3v) is 10.7. The van der Waals surface area contributed by atoms with Crippen LogP contribution in [0.4, 0.5) is 14.5 Å². The molecule has 48 heavy (non-hydrogen) atoms. The number of hydrogen-bond acceptors (Lipinski definition) is 8. The highest BCUT2D eigenvalue weighted by Crippen LogP contribution is 2.29. The number of anilines is 1. The van der Waals surface area contributed by atoms with Crippen molar-refractivity contribution < 1.29 is 31.5 Å². The average molecular weight is 695 g/mol. The van der Waals surface area contributed by atoms with Crippen LogP contribution in [0.2, 0.25) is 0 Å². The van der Waals surface area contributed by atoms with E-state index < -0.39 is 28.1 Å². The van der Waals surface area contributed by atoms with Gasteiger partial charge in [-0.1, -0.05) is 48.9 Å². The van der Waals surface area contributed by atoms with Crippen molar-refractivity contribution in [3.8, 4) is 17.6 Å². The predicted octanol–water partition coefficient (Wildman–Crippen LogP) is 4.08. The number of hydrogen-bond donors (Lipinski definition) is 1. The summed E-state index contributed by atoms with van der Waals surface area (Å²) >= 11 is 0.922. The molecule has 0 aliphatic carbocycles. The van der Waals surface area contributed by atoms with Crippen LogP contribution >= 0.6 is 11.3 Å². The molecule has 4 aromatic rings. The van der Waals surface area contributed by atoms with Crippen LogP contribution in [0, 0.1) is 11.3 Å². The van der Waals surface area contributed by atoms with Gasteiger partial charge in [-0.3, -0.25) is 14.2 Å². The Labute approximate surface area is 279 Å². The molecule has 5 rings (SSSR count). The van der Waals surface area contributed by atoms with E-state index in [2.05, 4.69) is 10.1 Å². The van der Waals surface area contributed by atoms with Crippen molar-refractivity contribution in [3.05, 3.63) is 103 Å². The second-order valence-corrected chi connectivity index (χ2v) is 13.8. The number of rotatable bonds is 11. The van der Waals surface area contributed by atoms with Gasteiger partial charge in [0.25, 0.3) is 11.5 Å². The molecule has 0 radical (unpaired) electrons. The van der Waals surface area contributed by atoms with E-state index in [9.17, 15) is 32.0 Å². The highest BCUT2D eigenvalue weighted by Gasteiger charge is 2.26. The van der Waals surface area contributed by atoms with Gasteiger partial charge in [-0.05, 0) is 66.8 Å². The van der Waals surface area contributed by atoms with Gasteiger partial charge >= 0.3 is 6.61 Å². The monoisotopic (exact) mass is 694 g/mol. The van der Waals surface area contributed by atoms with Gasteiger partial charge in [-0.2, -0.15) is 18.3 Å². The van der Waals surface area contributed by atoms with E-state index in [1.54, 1.807) is 0 Å². The van der Waals surface area contributed by atoms with Gasteiger partial charge < -0.3 is 14.8 Å². The van der Waals surface area contributed by atoms with E-state index in [-0.39, 0.29) is 43.4 Å². The van der Waals surface area contributed by atoms with Crippen molar-refractivity contribution in [1.29, 1.82) is 5.26 Å². The first kappa shape index (κ1) is 34.5. The topological polar surface area (TPSA) is 131 Å². The van der Waals surface area contributed by atoms with Crippen LogP contribution in [0.5, 0.6) is 11.5 Å². The van der Waals surface area contributed by atoms with Crippen LogP contribution in [0.25, 0.3) is 11.6 Å².